The number of para-hydroxylation sites is 1. The molecule has 1 aromatic heterocycles. The summed E-state index contributed by atoms with van der Waals surface area (Å²) in [5.41, 5.74) is 2.13. The molecule has 0 saturated heterocycles. The zero-order valence-electron chi connectivity index (χ0n) is 16.9. The van der Waals surface area contributed by atoms with Crippen LogP contribution in [0.25, 0.3) is 21.0 Å². The Morgan fingerprint density at radius 3 is 2.55 bits per heavy atom. The summed E-state index contributed by atoms with van der Waals surface area (Å²) in [5, 5.41) is 6.55. The molecule has 29 heavy (non-hydrogen) atoms. The summed E-state index contributed by atoms with van der Waals surface area (Å²) >= 11 is 1.69. The number of carbonyl (C=O) groups is 1. The van der Waals surface area contributed by atoms with E-state index in [-0.39, 0.29) is 18.0 Å². The highest BCUT2D eigenvalue weighted by Crippen LogP contribution is 2.28. The van der Waals surface area contributed by atoms with Crippen LogP contribution in [0.2, 0.25) is 0 Å². The lowest BCUT2D eigenvalue weighted by atomic mass is 10.0. The fraction of sp³-hybridized carbons (Fsp3) is 0.250. The minimum absolute atomic E-state index is 0.0149. The van der Waals surface area contributed by atoms with Crippen molar-refractivity contribution in [1.82, 2.24) is 15.2 Å². The molecule has 0 saturated carbocycles. The first-order valence-corrected chi connectivity index (χ1v) is 10.7. The Morgan fingerprint density at radius 1 is 1.03 bits per heavy atom. The minimum Gasteiger partial charge on any atom is -0.348 e. The second-order valence-corrected chi connectivity index (χ2v) is 8.57. The Morgan fingerprint density at radius 2 is 1.76 bits per heavy atom. The summed E-state index contributed by atoms with van der Waals surface area (Å²) in [4.78, 5) is 19.4. The van der Waals surface area contributed by atoms with Crippen LogP contribution in [-0.2, 0) is 4.79 Å². The molecule has 148 valence electrons. The maximum absolute atomic E-state index is 12.6. The Hall–Kier alpha value is -2.76. The van der Waals surface area contributed by atoms with Crippen molar-refractivity contribution in [2.75, 3.05) is 13.6 Å². The number of hydrogen-bond acceptors (Lipinski definition) is 4. The van der Waals surface area contributed by atoms with Crippen LogP contribution in [0.3, 0.4) is 0 Å². The molecule has 4 rings (SSSR count). The number of benzene rings is 3. The number of fused-ring (bicyclic) bond motifs is 2. The molecule has 3 aromatic carbocycles. The van der Waals surface area contributed by atoms with Crippen molar-refractivity contribution in [3.63, 3.8) is 0 Å². The van der Waals surface area contributed by atoms with E-state index in [4.69, 9.17) is 4.98 Å². The molecule has 0 radical (unpaired) electrons. The number of rotatable bonds is 6. The molecule has 0 fully saturated rings. The molecule has 0 unspecified atom stereocenters. The second kappa shape index (κ2) is 8.31. The van der Waals surface area contributed by atoms with E-state index in [0.29, 0.717) is 6.54 Å². The number of aromatic nitrogens is 1. The number of likely N-dealkylation sites (N-methyl/N-ethyl adjacent to an activating group) is 1. The zero-order chi connectivity index (χ0) is 20.4. The maximum atomic E-state index is 12.6. The number of thiazole rings is 1. The van der Waals surface area contributed by atoms with Gasteiger partial charge in [0.05, 0.1) is 28.8 Å². The van der Waals surface area contributed by atoms with Gasteiger partial charge < -0.3 is 5.32 Å². The van der Waals surface area contributed by atoms with Crippen LogP contribution in [0.4, 0.5) is 0 Å². The number of nitrogens with zero attached hydrogens (tertiary/aromatic N) is 2. The molecule has 0 aliphatic rings. The van der Waals surface area contributed by atoms with E-state index in [1.807, 2.05) is 49.2 Å². The average molecular weight is 404 g/mol. The smallest absolute Gasteiger partial charge is 0.234 e. The van der Waals surface area contributed by atoms with Gasteiger partial charge in [-0.3, -0.25) is 9.69 Å². The van der Waals surface area contributed by atoms with E-state index in [2.05, 4.69) is 48.6 Å². The summed E-state index contributed by atoms with van der Waals surface area (Å²) < 4.78 is 1.18. The summed E-state index contributed by atoms with van der Waals surface area (Å²) in [6, 6.07) is 22.8. The molecule has 1 amide bonds. The van der Waals surface area contributed by atoms with Crippen LogP contribution in [0.15, 0.2) is 66.7 Å². The Labute approximate surface area is 175 Å². The van der Waals surface area contributed by atoms with Gasteiger partial charge in [0.1, 0.15) is 5.01 Å². The van der Waals surface area contributed by atoms with Crippen LogP contribution in [0.1, 0.15) is 36.5 Å². The first kappa shape index (κ1) is 19.6. The number of carbonyl (C=O) groups excluding carboxylic acids is 1. The highest BCUT2D eigenvalue weighted by Gasteiger charge is 2.19. The fourth-order valence-electron chi connectivity index (χ4n) is 3.47. The normalized spacial score (nSPS) is 13.7. The monoisotopic (exact) mass is 403 g/mol. The van der Waals surface area contributed by atoms with Crippen molar-refractivity contribution in [2.45, 2.75) is 25.9 Å². The molecule has 2 atom stereocenters. The predicted molar refractivity (Wildman–Crippen MR) is 121 cm³/mol. The first-order valence-electron chi connectivity index (χ1n) is 9.85. The summed E-state index contributed by atoms with van der Waals surface area (Å²) in [6.07, 6.45) is 0. The van der Waals surface area contributed by atoms with Crippen molar-refractivity contribution in [2.24, 2.45) is 0 Å². The molecule has 4 aromatic rings. The topological polar surface area (TPSA) is 45.2 Å². The molecule has 0 aliphatic carbocycles. The lowest BCUT2D eigenvalue weighted by Gasteiger charge is -2.23. The van der Waals surface area contributed by atoms with Gasteiger partial charge in [0, 0.05) is 0 Å². The molecule has 1 N–H and O–H groups in total. The van der Waals surface area contributed by atoms with Gasteiger partial charge in [0.2, 0.25) is 5.91 Å². The lowest BCUT2D eigenvalue weighted by Crippen LogP contribution is -2.37. The SMILES string of the molecule is C[C@@H](NC(=O)CN(C)[C@@H](C)c1nc2ccccc2s1)c1ccc2ccccc2c1. The highest BCUT2D eigenvalue weighted by molar-refractivity contribution is 7.18. The van der Waals surface area contributed by atoms with E-state index >= 15 is 0 Å². The third kappa shape index (κ3) is 4.31. The van der Waals surface area contributed by atoms with Crippen LogP contribution >= 0.6 is 11.3 Å². The van der Waals surface area contributed by atoms with Gasteiger partial charge in [-0.2, -0.15) is 0 Å². The van der Waals surface area contributed by atoms with Gasteiger partial charge in [0.15, 0.2) is 0 Å². The Balaban J connectivity index is 1.39. The first-order chi connectivity index (χ1) is 14.0. The molecule has 0 spiro atoms. The van der Waals surface area contributed by atoms with Gasteiger partial charge in [-0.15, -0.1) is 11.3 Å². The largest absolute Gasteiger partial charge is 0.348 e. The van der Waals surface area contributed by atoms with E-state index < -0.39 is 0 Å². The lowest BCUT2D eigenvalue weighted by molar-refractivity contribution is -0.123. The zero-order valence-corrected chi connectivity index (χ0v) is 17.7. The van der Waals surface area contributed by atoms with E-state index in [9.17, 15) is 4.79 Å². The second-order valence-electron chi connectivity index (χ2n) is 7.51. The summed E-state index contributed by atoms with van der Waals surface area (Å²) in [7, 11) is 1.97. The number of hydrogen-bond donors (Lipinski definition) is 1. The van der Waals surface area contributed by atoms with Crippen molar-refractivity contribution >= 4 is 38.2 Å². The Kier molecular flexibility index (Phi) is 5.60. The van der Waals surface area contributed by atoms with Gasteiger partial charge in [-0.25, -0.2) is 4.98 Å². The van der Waals surface area contributed by atoms with Crippen molar-refractivity contribution in [3.8, 4) is 0 Å². The Bertz CT molecular complexity index is 1120. The summed E-state index contributed by atoms with van der Waals surface area (Å²) in [5.74, 6) is 0.0149. The molecule has 5 heteroatoms. The molecule has 0 bridgehead atoms. The van der Waals surface area contributed by atoms with Crippen molar-refractivity contribution < 1.29 is 4.79 Å². The minimum atomic E-state index is -0.0433. The quantitative estimate of drug-likeness (QED) is 0.474. The van der Waals surface area contributed by atoms with Crippen LogP contribution < -0.4 is 5.32 Å². The number of nitrogens with one attached hydrogen (secondary N) is 1. The van der Waals surface area contributed by atoms with Gasteiger partial charge in [-0.1, -0.05) is 48.5 Å². The molecular weight excluding hydrogens is 378 g/mol. The molecule has 4 nitrogen and oxygen atoms in total. The predicted octanol–water partition coefficient (Wildman–Crippen LogP) is 5.32. The van der Waals surface area contributed by atoms with Crippen LogP contribution in [0.5, 0.6) is 0 Å². The van der Waals surface area contributed by atoms with E-state index in [0.717, 1.165) is 16.1 Å². The highest BCUT2D eigenvalue weighted by atomic mass is 32.1. The van der Waals surface area contributed by atoms with E-state index in [1.165, 1.54) is 15.5 Å². The average Bonchev–Trinajstić information content (AvgIpc) is 3.16. The molecular formula is C24H25N3OS. The summed E-state index contributed by atoms with van der Waals surface area (Å²) in [6.45, 7) is 4.45. The van der Waals surface area contributed by atoms with Crippen molar-refractivity contribution in [1.29, 1.82) is 0 Å². The third-order valence-electron chi connectivity index (χ3n) is 5.37. The standard InChI is InChI=1S/C24H25N3OS/c1-16(19-13-12-18-8-4-5-9-20(18)14-19)25-23(28)15-27(3)17(2)24-26-21-10-6-7-11-22(21)29-24/h4-14,16-17H,15H2,1-3H3,(H,25,28)/t16-,17+/m1/s1. The third-order valence-corrected chi connectivity index (χ3v) is 6.58. The van der Waals surface area contributed by atoms with Crippen LogP contribution in [-0.4, -0.2) is 29.4 Å². The fourth-order valence-corrected chi connectivity index (χ4v) is 4.55. The maximum Gasteiger partial charge on any atom is 0.234 e. The van der Waals surface area contributed by atoms with Gasteiger partial charge in [-0.05, 0) is 55.4 Å². The van der Waals surface area contributed by atoms with Gasteiger partial charge >= 0.3 is 0 Å². The molecule has 0 aliphatic heterocycles. The van der Waals surface area contributed by atoms with Crippen LogP contribution in [0, 0.1) is 0 Å². The van der Waals surface area contributed by atoms with E-state index in [1.54, 1.807) is 11.3 Å². The molecule has 1 heterocycles. The van der Waals surface area contributed by atoms with Gasteiger partial charge in [0.25, 0.3) is 0 Å². The van der Waals surface area contributed by atoms with Crippen molar-refractivity contribution in [3.05, 3.63) is 77.3 Å². The number of amides is 1.